The van der Waals surface area contributed by atoms with Gasteiger partial charge in [0.2, 0.25) is 0 Å². The van der Waals surface area contributed by atoms with Crippen molar-refractivity contribution in [2.75, 3.05) is 0 Å². The second kappa shape index (κ2) is 12.9. The van der Waals surface area contributed by atoms with Gasteiger partial charge in [-0.05, 0) is 118 Å². The first-order valence-electron chi connectivity index (χ1n) is 15.9. The Morgan fingerprint density at radius 1 is 1.05 bits per heavy atom. The lowest BCUT2D eigenvalue weighted by Crippen LogP contribution is -2.53. The minimum atomic E-state index is -0.728. The molecule has 3 fully saturated rings. The van der Waals surface area contributed by atoms with Gasteiger partial charge in [0.05, 0.1) is 11.7 Å². The molecule has 5 unspecified atom stereocenters. The van der Waals surface area contributed by atoms with E-state index in [1.54, 1.807) is 0 Å². The molecule has 0 bridgehead atoms. The summed E-state index contributed by atoms with van der Waals surface area (Å²) in [6, 6.07) is 0. The van der Waals surface area contributed by atoms with Gasteiger partial charge in [-0.3, -0.25) is 4.79 Å². The molecular weight excluding hydrogens is 492 g/mol. The number of halogens is 1. The number of aliphatic hydroxyl groups excluding tert-OH is 1. The molecule has 0 saturated heterocycles. The van der Waals surface area contributed by atoms with Crippen molar-refractivity contribution in [3.05, 3.63) is 24.3 Å². The van der Waals surface area contributed by atoms with Gasteiger partial charge in [-0.25, -0.2) is 0 Å². The highest BCUT2D eigenvalue weighted by atomic mass is 35.5. The van der Waals surface area contributed by atoms with E-state index in [4.69, 9.17) is 11.6 Å². The molecular formula is C34H55ClO3. The quantitative estimate of drug-likeness (QED) is 0.238. The molecule has 0 spiro atoms. The summed E-state index contributed by atoms with van der Waals surface area (Å²) in [5.41, 5.74) is -0.872. The van der Waals surface area contributed by atoms with Crippen molar-refractivity contribution in [3.8, 4) is 0 Å². The Balaban J connectivity index is 1.36. The van der Waals surface area contributed by atoms with Crippen LogP contribution in [-0.2, 0) is 4.79 Å². The normalized spacial score (nSPS) is 39.5. The average molecular weight is 547 g/mol. The second-order valence-electron chi connectivity index (χ2n) is 14.5. The summed E-state index contributed by atoms with van der Waals surface area (Å²) >= 11 is 6.40. The molecule has 4 heteroatoms. The number of Topliss-reactive ketones (excluding diaryl/α,β-unsaturated/α-hetero) is 1. The molecule has 0 aromatic rings. The molecule has 0 amide bonds. The predicted octanol–water partition coefficient (Wildman–Crippen LogP) is 8.26. The van der Waals surface area contributed by atoms with E-state index in [0.29, 0.717) is 30.5 Å². The van der Waals surface area contributed by atoms with Gasteiger partial charge in [0, 0.05) is 17.2 Å². The van der Waals surface area contributed by atoms with E-state index >= 15 is 0 Å². The lowest BCUT2D eigenvalue weighted by molar-refractivity contribution is -0.144. The smallest absolute Gasteiger partial charge is 0.139 e. The number of rotatable bonds is 8. The third kappa shape index (κ3) is 6.80. The molecule has 3 nitrogen and oxygen atoms in total. The van der Waals surface area contributed by atoms with Crippen molar-refractivity contribution >= 4 is 17.4 Å². The van der Waals surface area contributed by atoms with E-state index < -0.39 is 11.7 Å². The summed E-state index contributed by atoms with van der Waals surface area (Å²) in [6.45, 7) is 8.80. The van der Waals surface area contributed by atoms with E-state index in [0.717, 1.165) is 70.1 Å². The maximum atomic E-state index is 13.9. The largest absolute Gasteiger partial charge is 0.389 e. The lowest BCUT2D eigenvalue weighted by Gasteiger charge is -2.51. The maximum absolute atomic E-state index is 13.9. The highest BCUT2D eigenvalue weighted by molar-refractivity contribution is 6.20. The Hall–Kier alpha value is -0.640. The number of alkyl halides is 1. The fourth-order valence-electron chi connectivity index (χ4n) is 8.63. The Morgan fingerprint density at radius 3 is 2.47 bits per heavy atom. The van der Waals surface area contributed by atoms with Crippen LogP contribution < -0.4 is 0 Å². The summed E-state index contributed by atoms with van der Waals surface area (Å²) < 4.78 is 0. The molecule has 0 aromatic carbocycles. The van der Waals surface area contributed by atoms with Gasteiger partial charge < -0.3 is 10.2 Å². The number of hydrogen-bond acceptors (Lipinski definition) is 3. The van der Waals surface area contributed by atoms with Crippen LogP contribution in [0.3, 0.4) is 0 Å². The van der Waals surface area contributed by atoms with E-state index in [1.807, 2.05) is 6.08 Å². The van der Waals surface area contributed by atoms with Crippen molar-refractivity contribution in [1.82, 2.24) is 0 Å². The highest BCUT2D eigenvalue weighted by Gasteiger charge is 2.50. The van der Waals surface area contributed by atoms with Crippen molar-refractivity contribution in [3.63, 3.8) is 0 Å². The summed E-state index contributed by atoms with van der Waals surface area (Å²) in [5.74, 6) is 2.66. The molecule has 4 aliphatic rings. The van der Waals surface area contributed by atoms with Crippen LogP contribution in [0.25, 0.3) is 0 Å². The molecule has 216 valence electrons. The van der Waals surface area contributed by atoms with Crippen LogP contribution in [-0.4, -0.2) is 33.1 Å². The monoisotopic (exact) mass is 546 g/mol. The maximum Gasteiger partial charge on any atom is 0.139 e. The van der Waals surface area contributed by atoms with E-state index in [2.05, 4.69) is 45.9 Å². The van der Waals surface area contributed by atoms with Crippen molar-refractivity contribution in [1.29, 1.82) is 0 Å². The molecule has 7 atom stereocenters. The Bertz CT molecular complexity index is 839. The van der Waals surface area contributed by atoms with Gasteiger partial charge in [-0.2, -0.15) is 0 Å². The third-order valence-electron chi connectivity index (χ3n) is 11.4. The fourth-order valence-corrected chi connectivity index (χ4v) is 8.88. The van der Waals surface area contributed by atoms with Gasteiger partial charge in [-0.15, -0.1) is 11.6 Å². The number of aliphatic hydroxyl groups is 2. The standard InChI is InChI=1S/C34H55ClO3/c1-23(2)30(12-7-13-31(36)27-21-25-9-5-6-10-26(25)22-27)32(37)24-11-8-19-33(3,4)34(38,20-18-24)28-14-16-29(35)17-15-28/h5,7,9,13,23-31,36,38H,6,8,10-12,14-22H2,1-4H3/b13-7+/t24?,25?,26?,27?,28?,29?,30-,31?,34+/m1/s1. The molecule has 38 heavy (non-hydrogen) atoms. The fraction of sp³-hybridized carbons (Fsp3) is 0.853. The van der Waals surface area contributed by atoms with Crippen LogP contribution >= 0.6 is 11.6 Å². The Kier molecular flexibility index (Phi) is 10.3. The molecule has 0 aliphatic heterocycles. The summed E-state index contributed by atoms with van der Waals surface area (Å²) in [7, 11) is 0. The Labute approximate surface area is 237 Å². The van der Waals surface area contributed by atoms with E-state index in [9.17, 15) is 15.0 Å². The zero-order valence-electron chi connectivity index (χ0n) is 24.6. The first kappa shape index (κ1) is 30.3. The van der Waals surface area contributed by atoms with E-state index in [1.165, 1.54) is 12.8 Å². The zero-order valence-corrected chi connectivity index (χ0v) is 25.3. The summed E-state index contributed by atoms with van der Waals surface area (Å²) in [5, 5.41) is 23.3. The molecule has 2 N–H and O–H groups in total. The van der Waals surface area contributed by atoms with Crippen molar-refractivity contribution < 1.29 is 15.0 Å². The summed E-state index contributed by atoms with van der Waals surface area (Å²) in [6.07, 6.45) is 22.1. The van der Waals surface area contributed by atoms with Crippen LogP contribution in [0.2, 0.25) is 0 Å². The van der Waals surface area contributed by atoms with Gasteiger partial charge in [0.25, 0.3) is 0 Å². The van der Waals surface area contributed by atoms with Crippen LogP contribution in [0.1, 0.15) is 118 Å². The van der Waals surface area contributed by atoms with Gasteiger partial charge >= 0.3 is 0 Å². The molecule has 4 rings (SSSR count). The van der Waals surface area contributed by atoms with Crippen molar-refractivity contribution in [2.24, 2.45) is 46.8 Å². The number of allylic oxidation sites excluding steroid dienone is 3. The van der Waals surface area contributed by atoms with Crippen LogP contribution in [0.15, 0.2) is 24.3 Å². The molecule has 0 aromatic heterocycles. The third-order valence-corrected chi connectivity index (χ3v) is 11.8. The topological polar surface area (TPSA) is 57.5 Å². The van der Waals surface area contributed by atoms with E-state index in [-0.39, 0.29) is 34.5 Å². The van der Waals surface area contributed by atoms with Gasteiger partial charge in [0.15, 0.2) is 0 Å². The molecule has 0 radical (unpaired) electrons. The number of fused-ring (bicyclic) bond motifs is 1. The molecule has 0 heterocycles. The summed E-state index contributed by atoms with van der Waals surface area (Å²) in [4.78, 5) is 13.9. The molecule has 4 aliphatic carbocycles. The first-order chi connectivity index (χ1) is 18.0. The average Bonchev–Trinajstić information content (AvgIpc) is 3.32. The van der Waals surface area contributed by atoms with Gasteiger partial charge in [0.1, 0.15) is 5.78 Å². The second-order valence-corrected chi connectivity index (χ2v) is 15.1. The number of carbonyl (C=O) groups is 1. The first-order valence-corrected chi connectivity index (χ1v) is 16.4. The van der Waals surface area contributed by atoms with Crippen LogP contribution in [0, 0.1) is 46.8 Å². The number of hydrogen-bond donors (Lipinski definition) is 2. The molecule has 3 saturated carbocycles. The number of carbonyl (C=O) groups excluding carboxylic acids is 1. The SMILES string of the molecule is CC(C)[C@@H](C/C=C/C(O)C1CC2C=CCCC2C1)C(=O)C1CCCC(C)(C)[C@@](O)(C2CCC(Cl)CC2)CC1. The van der Waals surface area contributed by atoms with Crippen LogP contribution in [0.4, 0.5) is 0 Å². The van der Waals surface area contributed by atoms with Gasteiger partial charge in [-0.1, -0.05) is 58.4 Å². The highest BCUT2D eigenvalue weighted by Crippen LogP contribution is 2.51. The Morgan fingerprint density at radius 2 is 1.79 bits per heavy atom. The lowest BCUT2D eigenvalue weighted by atomic mass is 9.58. The number of ketones is 1. The van der Waals surface area contributed by atoms with Crippen molar-refractivity contribution in [2.45, 2.75) is 135 Å². The minimum absolute atomic E-state index is 0.0234. The predicted molar refractivity (Wildman–Crippen MR) is 158 cm³/mol. The minimum Gasteiger partial charge on any atom is -0.389 e. The van der Waals surface area contributed by atoms with Crippen LogP contribution in [0.5, 0.6) is 0 Å². The zero-order chi connectivity index (χ0) is 27.5.